The Bertz CT molecular complexity index is 885. The Morgan fingerprint density at radius 3 is 2.49 bits per heavy atom. The van der Waals surface area contributed by atoms with Gasteiger partial charge in [-0.05, 0) is 62.8 Å². The largest absolute Gasteiger partial charge is 0.394 e. The van der Waals surface area contributed by atoms with Crippen LogP contribution in [0.25, 0.3) is 0 Å². The number of aliphatic hydroxyl groups excluding tert-OH is 1. The second kappa shape index (κ2) is 12.9. The fraction of sp³-hybridized carbons (Fsp3) is 0.607. The van der Waals surface area contributed by atoms with Crippen molar-refractivity contribution in [1.29, 1.82) is 0 Å². The summed E-state index contributed by atoms with van der Waals surface area (Å²) in [6.45, 7) is 4.38. The Morgan fingerprint density at radius 2 is 1.83 bits per heavy atom. The lowest BCUT2D eigenvalue weighted by Gasteiger charge is -2.31. The summed E-state index contributed by atoms with van der Waals surface area (Å²) in [7, 11) is 0. The number of hydrogen-bond acceptors (Lipinski definition) is 4. The molecular weight excluding hydrogens is 442 g/mol. The van der Waals surface area contributed by atoms with Crippen LogP contribution in [0.1, 0.15) is 64.4 Å². The van der Waals surface area contributed by atoms with Gasteiger partial charge in [0.15, 0.2) is 0 Å². The number of nitrogens with one attached hydrogen (secondary N) is 3. The van der Waals surface area contributed by atoms with E-state index in [0.29, 0.717) is 45.1 Å². The quantitative estimate of drug-likeness (QED) is 0.483. The molecule has 0 saturated carbocycles. The van der Waals surface area contributed by atoms with Gasteiger partial charge >= 0.3 is 0 Å². The SMILES string of the molecule is CC(C)C[C@@H]1NC(=O)C(Cc2ccccc2)CCC/C=C/CC2(CCNC2=O)C[C@@H](CO)NC1=O. The number of benzene rings is 1. The van der Waals surface area contributed by atoms with Gasteiger partial charge in [0, 0.05) is 12.5 Å². The lowest BCUT2D eigenvalue weighted by atomic mass is 9.77. The van der Waals surface area contributed by atoms with Crippen LogP contribution in [0, 0.1) is 17.3 Å². The van der Waals surface area contributed by atoms with Crippen LogP contribution in [0.3, 0.4) is 0 Å². The van der Waals surface area contributed by atoms with Crippen molar-refractivity contribution < 1.29 is 19.5 Å². The molecule has 4 N–H and O–H groups in total. The van der Waals surface area contributed by atoms with Crippen molar-refractivity contribution in [2.45, 2.75) is 77.3 Å². The van der Waals surface area contributed by atoms with Gasteiger partial charge < -0.3 is 21.1 Å². The highest BCUT2D eigenvalue weighted by atomic mass is 16.3. The number of allylic oxidation sites excluding steroid dienone is 2. The van der Waals surface area contributed by atoms with Gasteiger partial charge in [-0.25, -0.2) is 0 Å². The van der Waals surface area contributed by atoms with Crippen LogP contribution in [0.2, 0.25) is 0 Å². The van der Waals surface area contributed by atoms with Crippen LogP contribution < -0.4 is 16.0 Å². The zero-order chi connectivity index (χ0) is 25.3. The van der Waals surface area contributed by atoms with Crippen LogP contribution >= 0.6 is 0 Å². The van der Waals surface area contributed by atoms with Crippen molar-refractivity contribution in [2.24, 2.45) is 17.3 Å². The molecule has 2 unspecified atom stereocenters. The molecule has 2 aliphatic heterocycles. The summed E-state index contributed by atoms with van der Waals surface area (Å²) in [5.74, 6) is -0.471. The van der Waals surface area contributed by atoms with E-state index in [0.717, 1.165) is 18.4 Å². The van der Waals surface area contributed by atoms with E-state index < -0.39 is 17.5 Å². The van der Waals surface area contributed by atoms with E-state index in [4.69, 9.17) is 0 Å². The molecule has 0 bridgehead atoms. The molecule has 3 amide bonds. The summed E-state index contributed by atoms with van der Waals surface area (Å²) in [5, 5.41) is 19.0. The third kappa shape index (κ3) is 7.66. The Hall–Kier alpha value is -2.67. The van der Waals surface area contributed by atoms with E-state index in [1.807, 2.05) is 44.2 Å². The second-order valence-corrected chi connectivity index (χ2v) is 10.6. The molecule has 35 heavy (non-hydrogen) atoms. The normalized spacial score (nSPS) is 29.7. The first-order valence-corrected chi connectivity index (χ1v) is 13.0. The molecular formula is C28H41N3O4. The molecule has 2 aliphatic rings. The molecule has 192 valence electrons. The second-order valence-electron chi connectivity index (χ2n) is 10.6. The van der Waals surface area contributed by atoms with Gasteiger partial charge in [0.1, 0.15) is 6.04 Å². The van der Waals surface area contributed by atoms with Crippen molar-refractivity contribution in [1.82, 2.24) is 16.0 Å². The van der Waals surface area contributed by atoms with Crippen LogP contribution in [-0.2, 0) is 20.8 Å². The van der Waals surface area contributed by atoms with Crippen LogP contribution in [0.4, 0.5) is 0 Å². The van der Waals surface area contributed by atoms with Crippen LogP contribution in [0.15, 0.2) is 42.5 Å². The van der Waals surface area contributed by atoms with Gasteiger partial charge in [-0.1, -0.05) is 56.3 Å². The Kier molecular flexibility index (Phi) is 9.90. The Balaban J connectivity index is 1.85. The van der Waals surface area contributed by atoms with Gasteiger partial charge in [0.2, 0.25) is 17.7 Å². The van der Waals surface area contributed by atoms with Crippen molar-refractivity contribution >= 4 is 17.7 Å². The molecule has 2 heterocycles. The number of carbonyl (C=O) groups excluding carboxylic acids is 3. The number of amides is 3. The van der Waals surface area contributed by atoms with Gasteiger partial charge in [0.25, 0.3) is 0 Å². The molecule has 0 aliphatic carbocycles. The van der Waals surface area contributed by atoms with E-state index in [1.165, 1.54) is 0 Å². The van der Waals surface area contributed by atoms with E-state index in [-0.39, 0.29) is 36.2 Å². The molecule has 3 rings (SSSR count). The Morgan fingerprint density at radius 1 is 1.06 bits per heavy atom. The fourth-order valence-corrected chi connectivity index (χ4v) is 5.25. The molecule has 7 heteroatoms. The number of carbonyl (C=O) groups is 3. The maximum Gasteiger partial charge on any atom is 0.242 e. The fourth-order valence-electron chi connectivity index (χ4n) is 5.25. The topological polar surface area (TPSA) is 108 Å². The molecule has 1 aromatic rings. The van der Waals surface area contributed by atoms with Crippen molar-refractivity contribution in [3.05, 3.63) is 48.0 Å². The van der Waals surface area contributed by atoms with E-state index in [1.54, 1.807) is 0 Å². The Labute approximate surface area is 209 Å². The first kappa shape index (κ1) is 26.9. The first-order chi connectivity index (χ1) is 16.8. The molecule has 1 saturated heterocycles. The summed E-state index contributed by atoms with van der Waals surface area (Å²) in [4.78, 5) is 39.4. The van der Waals surface area contributed by atoms with Gasteiger partial charge in [0.05, 0.1) is 18.1 Å². The lowest BCUT2D eigenvalue weighted by molar-refractivity contribution is -0.132. The van der Waals surface area contributed by atoms with Crippen molar-refractivity contribution in [3.63, 3.8) is 0 Å². The minimum Gasteiger partial charge on any atom is -0.394 e. The number of hydrogen-bond donors (Lipinski definition) is 4. The molecule has 1 spiro atoms. The highest BCUT2D eigenvalue weighted by molar-refractivity contribution is 5.89. The summed E-state index contributed by atoms with van der Waals surface area (Å²) in [5.41, 5.74) is 0.463. The first-order valence-electron chi connectivity index (χ1n) is 13.0. The number of aliphatic hydroxyl groups is 1. The minimum absolute atomic E-state index is 0.0193. The molecule has 0 radical (unpaired) electrons. The zero-order valence-corrected chi connectivity index (χ0v) is 21.1. The highest BCUT2D eigenvalue weighted by Gasteiger charge is 2.43. The van der Waals surface area contributed by atoms with Gasteiger partial charge in [-0.15, -0.1) is 0 Å². The van der Waals surface area contributed by atoms with Crippen molar-refractivity contribution in [2.75, 3.05) is 13.2 Å². The summed E-state index contributed by atoms with van der Waals surface area (Å²) in [6.07, 6.45) is 9.27. The van der Waals surface area contributed by atoms with E-state index >= 15 is 0 Å². The summed E-state index contributed by atoms with van der Waals surface area (Å²) >= 11 is 0. The monoisotopic (exact) mass is 483 g/mol. The highest BCUT2D eigenvalue weighted by Crippen LogP contribution is 2.36. The molecule has 7 nitrogen and oxygen atoms in total. The van der Waals surface area contributed by atoms with Gasteiger partial charge in [-0.2, -0.15) is 0 Å². The van der Waals surface area contributed by atoms with Gasteiger partial charge in [-0.3, -0.25) is 14.4 Å². The van der Waals surface area contributed by atoms with E-state index in [2.05, 4.69) is 28.1 Å². The average Bonchev–Trinajstić information content (AvgIpc) is 3.18. The number of rotatable bonds is 5. The predicted molar refractivity (Wildman–Crippen MR) is 136 cm³/mol. The minimum atomic E-state index is -0.688. The predicted octanol–water partition coefficient (Wildman–Crippen LogP) is 2.88. The summed E-state index contributed by atoms with van der Waals surface area (Å²) < 4.78 is 0. The molecule has 0 aromatic heterocycles. The molecule has 1 aromatic carbocycles. The summed E-state index contributed by atoms with van der Waals surface area (Å²) in [6, 6.07) is 8.71. The zero-order valence-electron chi connectivity index (χ0n) is 21.1. The third-order valence-electron chi connectivity index (χ3n) is 7.21. The molecule has 1 fully saturated rings. The maximum atomic E-state index is 13.4. The van der Waals surface area contributed by atoms with Crippen molar-refractivity contribution in [3.8, 4) is 0 Å². The van der Waals surface area contributed by atoms with Crippen LogP contribution in [0.5, 0.6) is 0 Å². The smallest absolute Gasteiger partial charge is 0.242 e. The molecule has 4 atom stereocenters. The van der Waals surface area contributed by atoms with Crippen LogP contribution in [-0.4, -0.2) is 48.1 Å². The maximum absolute atomic E-state index is 13.4. The van der Waals surface area contributed by atoms with E-state index in [9.17, 15) is 19.5 Å². The standard InChI is InChI=1S/C28H41N3O4/c1-20(2)16-24-26(34)30-23(19-32)18-28(14-15-29-27(28)35)13-9-4-3-8-12-22(25(33)31-24)17-21-10-6-5-7-11-21/h4-7,9-11,20,22-24,32H,3,8,12-19H2,1-2H3,(H,29,35)(H,30,34)(H,31,33)/b9-4+/t22?,23-,24-,28?/m0/s1. The third-order valence-corrected chi connectivity index (χ3v) is 7.21. The lowest BCUT2D eigenvalue weighted by Crippen LogP contribution is -2.53. The average molecular weight is 484 g/mol.